The van der Waals surface area contributed by atoms with Gasteiger partial charge in [0.25, 0.3) is 0 Å². The van der Waals surface area contributed by atoms with E-state index in [0.717, 1.165) is 12.8 Å². The van der Waals surface area contributed by atoms with E-state index in [4.69, 9.17) is 11.6 Å². The molecule has 1 amide bonds. The smallest absolute Gasteiger partial charge is 0.314 e. The number of carbonyl (C=O) groups excluding carboxylic acids is 1. The number of hydrogen-bond donors (Lipinski definition) is 1. The van der Waals surface area contributed by atoms with Gasteiger partial charge in [-0.3, -0.25) is 4.79 Å². The minimum absolute atomic E-state index is 0.245. The molecular formula is C6H8ClNO. The predicted octanol–water partition coefficient (Wildman–Crippen LogP) is 1.65. The van der Waals surface area contributed by atoms with Crippen molar-refractivity contribution < 1.29 is 4.79 Å². The lowest BCUT2D eigenvalue weighted by atomic mass is 10.2. The Morgan fingerprint density at radius 1 is 1.56 bits per heavy atom. The molecule has 1 aliphatic carbocycles. The highest BCUT2D eigenvalue weighted by atomic mass is 35.5. The second-order valence-corrected chi connectivity index (χ2v) is 2.40. The van der Waals surface area contributed by atoms with Crippen LogP contribution in [0.3, 0.4) is 0 Å². The van der Waals surface area contributed by atoms with Gasteiger partial charge in [-0.1, -0.05) is 12.2 Å². The van der Waals surface area contributed by atoms with Crippen molar-refractivity contribution >= 4 is 17.0 Å². The summed E-state index contributed by atoms with van der Waals surface area (Å²) in [7, 11) is 0. The molecule has 0 atom stereocenters. The molecule has 0 aromatic carbocycles. The standard InChI is InChI=1S/C6H8ClNO/c7-6(9)8-5-3-1-2-4-5/h1-2,5H,3-4H2,(H,8,9). The molecule has 3 heteroatoms. The molecule has 0 aromatic heterocycles. The molecule has 0 fully saturated rings. The van der Waals surface area contributed by atoms with Gasteiger partial charge in [0.05, 0.1) is 0 Å². The van der Waals surface area contributed by atoms with Gasteiger partial charge in [-0.2, -0.15) is 0 Å². The number of hydrogen-bond acceptors (Lipinski definition) is 1. The Kier molecular flexibility index (Phi) is 2.11. The number of halogens is 1. The van der Waals surface area contributed by atoms with E-state index in [-0.39, 0.29) is 6.04 Å². The zero-order valence-corrected chi connectivity index (χ0v) is 5.69. The summed E-state index contributed by atoms with van der Waals surface area (Å²) in [5.74, 6) is 0. The van der Waals surface area contributed by atoms with Crippen LogP contribution in [0.1, 0.15) is 12.8 Å². The van der Waals surface area contributed by atoms with E-state index in [1.807, 2.05) is 12.2 Å². The van der Waals surface area contributed by atoms with Gasteiger partial charge in [0.2, 0.25) is 0 Å². The van der Waals surface area contributed by atoms with E-state index in [1.54, 1.807) is 0 Å². The molecule has 1 rings (SSSR count). The lowest BCUT2D eigenvalue weighted by molar-refractivity contribution is 0.257. The maximum absolute atomic E-state index is 10.2. The van der Waals surface area contributed by atoms with Crippen molar-refractivity contribution in [2.24, 2.45) is 0 Å². The third-order valence-electron chi connectivity index (χ3n) is 1.33. The van der Waals surface area contributed by atoms with Crippen LogP contribution < -0.4 is 5.32 Å². The number of amides is 1. The molecule has 0 saturated carbocycles. The molecule has 0 unspecified atom stereocenters. The fourth-order valence-corrected chi connectivity index (χ4v) is 1.05. The molecule has 0 aromatic rings. The maximum atomic E-state index is 10.2. The second kappa shape index (κ2) is 2.87. The molecule has 0 radical (unpaired) electrons. The van der Waals surface area contributed by atoms with Gasteiger partial charge in [0.15, 0.2) is 0 Å². The first-order valence-corrected chi connectivity index (χ1v) is 3.28. The largest absolute Gasteiger partial charge is 0.339 e. The third kappa shape index (κ3) is 2.06. The van der Waals surface area contributed by atoms with E-state index >= 15 is 0 Å². The summed E-state index contributed by atoms with van der Waals surface area (Å²) < 4.78 is 0. The molecule has 0 bridgehead atoms. The summed E-state index contributed by atoms with van der Waals surface area (Å²) in [5.41, 5.74) is 0. The van der Waals surface area contributed by atoms with Crippen LogP contribution in [0.2, 0.25) is 0 Å². The number of carbonyl (C=O) groups is 1. The SMILES string of the molecule is O=C(Cl)NC1CC=CC1. The molecule has 50 valence electrons. The molecule has 9 heavy (non-hydrogen) atoms. The molecule has 0 aliphatic heterocycles. The van der Waals surface area contributed by atoms with Crippen LogP contribution in [-0.2, 0) is 0 Å². The summed E-state index contributed by atoms with van der Waals surface area (Å²) >= 11 is 5.08. The molecular weight excluding hydrogens is 138 g/mol. The van der Waals surface area contributed by atoms with E-state index < -0.39 is 5.37 Å². The molecule has 2 nitrogen and oxygen atoms in total. The Bertz CT molecular complexity index is 136. The lowest BCUT2D eigenvalue weighted by Crippen LogP contribution is -2.28. The lowest BCUT2D eigenvalue weighted by Gasteiger charge is -2.06. The van der Waals surface area contributed by atoms with Crippen LogP contribution >= 0.6 is 11.6 Å². The van der Waals surface area contributed by atoms with E-state index in [0.29, 0.717) is 0 Å². The molecule has 0 spiro atoms. The van der Waals surface area contributed by atoms with Crippen LogP contribution in [-0.4, -0.2) is 11.4 Å². The highest BCUT2D eigenvalue weighted by molar-refractivity contribution is 6.62. The fraction of sp³-hybridized carbons (Fsp3) is 0.500. The Balaban J connectivity index is 2.22. The van der Waals surface area contributed by atoms with Crippen LogP contribution in [0, 0.1) is 0 Å². The Morgan fingerprint density at radius 2 is 2.11 bits per heavy atom. The van der Waals surface area contributed by atoms with Gasteiger partial charge in [-0.25, -0.2) is 0 Å². The minimum Gasteiger partial charge on any atom is -0.339 e. The van der Waals surface area contributed by atoms with Gasteiger partial charge in [0.1, 0.15) is 0 Å². The first-order chi connectivity index (χ1) is 4.29. The highest BCUT2D eigenvalue weighted by Gasteiger charge is 2.10. The van der Waals surface area contributed by atoms with Crippen LogP contribution in [0.5, 0.6) is 0 Å². The van der Waals surface area contributed by atoms with Gasteiger partial charge in [-0.15, -0.1) is 0 Å². The third-order valence-corrected chi connectivity index (χ3v) is 1.43. The second-order valence-electron chi connectivity index (χ2n) is 2.06. The normalized spacial score (nSPS) is 18.3. The van der Waals surface area contributed by atoms with Gasteiger partial charge >= 0.3 is 5.37 Å². The molecule has 1 aliphatic rings. The van der Waals surface area contributed by atoms with E-state index in [1.165, 1.54) is 0 Å². The predicted molar refractivity (Wildman–Crippen MR) is 36.5 cm³/mol. The van der Waals surface area contributed by atoms with Crippen LogP contribution in [0.15, 0.2) is 12.2 Å². The number of rotatable bonds is 1. The Labute approximate surface area is 58.9 Å². The van der Waals surface area contributed by atoms with Gasteiger partial charge < -0.3 is 5.32 Å². The van der Waals surface area contributed by atoms with Crippen LogP contribution in [0.25, 0.3) is 0 Å². The molecule has 0 saturated heterocycles. The van der Waals surface area contributed by atoms with E-state index in [2.05, 4.69) is 5.32 Å². The monoisotopic (exact) mass is 145 g/mol. The van der Waals surface area contributed by atoms with Gasteiger partial charge in [0, 0.05) is 6.04 Å². The molecule has 1 N–H and O–H groups in total. The van der Waals surface area contributed by atoms with Crippen molar-refractivity contribution in [2.75, 3.05) is 0 Å². The van der Waals surface area contributed by atoms with Crippen molar-refractivity contribution in [1.82, 2.24) is 5.32 Å². The summed E-state index contributed by atoms with van der Waals surface area (Å²) in [6.45, 7) is 0. The van der Waals surface area contributed by atoms with Crippen molar-refractivity contribution in [2.45, 2.75) is 18.9 Å². The van der Waals surface area contributed by atoms with Gasteiger partial charge in [-0.05, 0) is 24.4 Å². The average Bonchev–Trinajstić information content (AvgIpc) is 2.15. The highest BCUT2D eigenvalue weighted by Crippen LogP contribution is 2.08. The quantitative estimate of drug-likeness (QED) is 0.339. The van der Waals surface area contributed by atoms with Crippen molar-refractivity contribution in [3.8, 4) is 0 Å². The first kappa shape index (κ1) is 6.62. The van der Waals surface area contributed by atoms with Crippen molar-refractivity contribution in [1.29, 1.82) is 0 Å². The number of nitrogens with one attached hydrogen (secondary N) is 1. The van der Waals surface area contributed by atoms with E-state index in [9.17, 15) is 4.79 Å². The fourth-order valence-electron chi connectivity index (χ4n) is 0.896. The van der Waals surface area contributed by atoms with Crippen molar-refractivity contribution in [3.05, 3.63) is 12.2 Å². The molecule has 0 heterocycles. The summed E-state index contributed by atoms with van der Waals surface area (Å²) in [6.07, 6.45) is 5.91. The van der Waals surface area contributed by atoms with Crippen molar-refractivity contribution in [3.63, 3.8) is 0 Å². The Morgan fingerprint density at radius 3 is 2.56 bits per heavy atom. The zero-order chi connectivity index (χ0) is 6.69. The van der Waals surface area contributed by atoms with Crippen LogP contribution in [0.4, 0.5) is 4.79 Å². The summed E-state index contributed by atoms with van der Waals surface area (Å²) in [5, 5.41) is 2.15. The summed E-state index contributed by atoms with van der Waals surface area (Å²) in [6, 6.07) is 0.245. The Hall–Kier alpha value is -0.500. The zero-order valence-electron chi connectivity index (χ0n) is 4.93. The summed E-state index contributed by atoms with van der Waals surface area (Å²) in [4.78, 5) is 10.2. The average molecular weight is 146 g/mol. The maximum Gasteiger partial charge on any atom is 0.314 e. The topological polar surface area (TPSA) is 29.1 Å². The first-order valence-electron chi connectivity index (χ1n) is 2.90. The minimum atomic E-state index is -0.455.